The second-order valence-corrected chi connectivity index (χ2v) is 7.68. The molecule has 1 unspecified atom stereocenters. The van der Waals surface area contributed by atoms with Gasteiger partial charge in [0.05, 0.1) is 4.90 Å². The van der Waals surface area contributed by atoms with Crippen molar-refractivity contribution >= 4 is 26.0 Å². The highest BCUT2D eigenvalue weighted by molar-refractivity contribution is 9.10. The number of rotatable bonds is 4. The molecule has 112 valence electrons. The first-order valence-corrected chi connectivity index (χ1v) is 8.93. The fourth-order valence-electron chi connectivity index (χ4n) is 2.22. The highest BCUT2D eigenvalue weighted by Gasteiger charge is 2.19. The van der Waals surface area contributed by atoms with Gasteiger partial charge >= 0.3 is 0 Å². The van der Waals surface area contributed by atoms with Crippen molar-refractivity contribution in [3.8, 4) is 0 Å². The lowest BCUT2D eigenvalue weighted by Crippen LogP contribution is -2.27. The first-order chi connectivity index (χ1) is 9.81. The standard InChI is InChI=1S/C16H18BrNO2S/c1-11-6-4-5-7-15(11)13(3)18-21(19,20)14-8-9-16(17)12(2)10-14/h4-10,13,18H,1-3H3. The van der Waals surface area contributed by atoms with Crippen molar-refractivity contribution in [2.75, 3.05) is 0 Å². The van der Waals surface area contributed by atoms with Crippen molar-refractivity contribution in [1.29, 1.82) is 0 Å². The van der Waals surface area contributed by atoms with Gasteiger partial charge in [0, 0.05) is 10.5 Å². The number of aryl methyl sites for hydroxylation is 2. The maximum absolute atomic E-state index is 12.5. The summed E-state index contributed by atoms with van der Waals surface area (Å²) < 4.78 is 28.6. The van der Waals surface area contributed by atoms with Gasteiger partial charge in [-0.1, -0.05) is 40.2 Å². The van der Waals surface area contributed by atoms with Crippen LogP contribution >= 0.6 is 15.9 Å². The van der Waals surface area contributed by atoms with E-state index in [1.807, 2.05) is 45.0 Å². The van der Waals surface area contributed by atoms with Gasteiger partial charge in [0.1, 0.15) is 0 Å². The molecule has 0 amide bonds. The fraction of sp³-hybridized carbons (Fsp3) is 0.250. The van der Waals surface area contributed by atoms with Gasteiger partial charge in [-0.2, -0.15) is 0 Å². The fourth-order valence-corrected chi connectivity index (χ4v) is 3.78. The quantitative estimate of drug-likeness (QED) is 0.883. The van der Waals surface area contributed by atoms with Crippen LogP contribution in [0.3, 0.4) is 0 Å². The molecule has 0 spiro atoms. The molecule has 2 aromatic rings. The lowest BCUT2D eigenvalue weighted by atomic mass is 10.0. The number of nitrogens with one attached hydrogen (secondary N) is 1. The van der Waals surface area contributed by atoms with E-state index in [1.54, 1.807) is 18.2 Å². The Labute approximate surface area is 134 Å². The zero-order valence-electron chi connectivity index (χ0n) is 12.2. The molecule has 0 bridgehead atoms. The van der Waals surface area contributed by atoms with Crippen molar-refractivity contribution in [3.63, 3.8) is 0 Å². The second kappa shape index (κ2) is 6.30. The van der Waals surface area contributed by atoms with Crippen LogP contribution in [-0.4, -0.2) is 8.42 Å². The Hall–Kier alpha value is -1.17. The molecule has 0 heterocycles. The van der Waals surface area contributed by atoms with Gasteiger partial charge in [-0.15, -0.1) is 0 Å². The summed E-state index contributed by atoms with van der Waals surface area (Å²) in [5.74, 6) is 0. The molecular formula is C16H18BrNO2S. The van der Waals surface area contributed by atoms with Crippen molar-refractivity contribution in [3.05, 3.63) is 63.6 Å². The average Bonchev–Trinajstić information content (AvgIpc) is 2.41. The maximum Gasteiger partial charge on any atom is 0.241 e. The molecular weight excluding hydrogens is 350 g/mol. The van der Waals surface area contributed by atoms with Gasteiger partial charge in [-0.3, -0.25) is 0 Å². The summed E-state index contributed by atoms with van der Waals surface area (Å²) in [5, 5.41) is 0. The molecule has 0 aromatic heterocycles. The number of hydrogen-bond donors (Lipinski definition) is 1. The Morgan fingerprint density at radius 1 is 1.05 bits per heavy atom. The van der Waals surface area contributed by atoms with Crippen molar-refractivity contribution < 1.29 is 8.42 Å². The Morgan fingerprint density at radius 2 is 1.71 bits per heavy atom. The molecule has 1 N–H and O–H groups in total. The van der Waals surface area contributed by atoms with Crippen LogP contribution < -0.4 is 4.72 Å². The van der Waals surface area contributed by atoms with Crippen LogP contribution in [0.1, 0.15) is 29.7 Å². The van der Waals surface area contributed by atoms with Crippen LogP contribution in [0.4, 0.5) is 0 Å². The summed E-state index contributed by atoms with van der Waals surface area (Å²) in [5.41, 5.74) is 2.94. The minimum Gasteiger partial charge on any atom is -0.207 e. The topological polar surface area (TPSA) is 46.2 Å². The Kier molecular flexibility index (Phi) is 4.86. The predicted octanol–water partition coefficient (Wildman–Crippen LogP) is 4.11. The molecule has 0 radical (unpaired) electrons. The van der Waals surface area contributed by atoms with E-state index < -0.39 is 10.0 Å². The molecule has 21 heavy (non-hydrogen) atoms. The summed E-state index contributed by atoms with van der Waals surface area (Å²) in [6.45, 7) is 5.70. The molecule has 2 rings (SSSR count). The number of benzene rings is 2. The maximum atomic E-state index is 12.5. The second-order valence-electron chi connectivity index (χ2n) is 5.11. The third kappa shape index (κ3) is 3.73. The van der Waals surface area contributed by atoms with Crippen LogP contribution in [0.5, 0.6) is 0 Å². The van der Waals surface area contributed by atoms with Crippen LogP contribution in [0.2, 0.25) is 0 Å². The molecule has 0 fully saturated rings. The number of hydrogen-bond acceptors (Lipinski definition) is 2. The minimum atomic E-state index is -3.53. The zero-order chi connectivity index (χ0) is 15.6. The van der Waals surface area contributed by atoms with E-state index >= 15 is 0 Å². The van der Waals surface area contributed by atoms with Gasteiger partial charge in [0.15, 0.2) is 0 Å². The number of halogens is 1. The molecule has 3 nitrogen and oxygen atoms in total. The summed E-state index contributed by atoms with van der Waals surface area (Å²) in [6, 6.07) is 12.5. The van der Waals surface area contributed by atoms with Gasteiger partial charge in [-0.05, 0) is 55.7 Å². The molecule has 0 aliphatic carbocycles. The number of sulfonamides is 1. The van der Waals surface area contributed by atoms with E-state index in [0.29, 0.717) is 0 Å². The summed E-state index contributed by atoms with van der Waals surface area (Å²) >= 11 is 3.38. The predicted molar refractivity (Wildman–Crippen MR) is 88.8 cm³/mol. The normalized spacial score (nSPS) is 13.1. The summed E-state index contributed by atoms with van der Waals surface area (Å²) in [6.07, 6.45) is 0. The van der Waals surface area contributed by atoms with E-state index in [9.17, 15) is 8.42 Å². The van der Waals surface area contributed by atoms with Crippen LogP contribution in [0.25, 0.3) is 0 Å². The van der Waals surface area contributed by atoms with Gasteiger partial charge in [0.25, 0.3) is 0 Å². The molecule has 5 heteroatoms. The molecule has 0 saturated carbocycles. The third-order valence-electron chi connectivity index (χ3n) is 3.43. The smallest absolute Gasteiger partial charge is 0.207 e. The van der Waals surface area contributed by atoms with E-state index in [0.717, 1.165) is 21.2 Å². The van der Waals surface area contributed by atoms with Crippen LogP contribution in [0.15, 0.2) is 51.8 Å². The average molecular weight is 368 g/mol. The van der Waals surface area contributed by atoms with Gasteiger partial charge < -0.3 is 0 Å². The summed E-state index contributed by atoms with van der Waals surface area (Å²) in [4.78, 5) is 0.281. The SMILES string of the molecule is Cc1cc(S(=O)(=O)NC(C)c2ccccc2C)ccc1Br. The first-order valence-electron chi connectivity index (χ1n) is 6.65. The van der Waals surface area contributed by atoms with E-state index in [2.05, 4.69) is 20.7 Å². The highest BCUT2D eigenvalue weighted by Crippen LogP contribution is 2.23. The van der Waals surface area contributed by atoms with Crippen molar-refractivity contribution in [1.82, 2.24) is 4.72 Å². The third-order valence-corrected chi connectivity index (χ3v) is 5.85. The Bertz CT molecular complexity index is 757. The van der Waals surface area contributed by atoms with E-state index in [-0.39, 0.29) is 10.9 Å². The van der Waals surface area contributed by atoms with E-state index in [4.69, 9.17) is 0 Å². The lowest BCUT2D eigenvalue weighted by Gasteiger charge is -2.17. The minimum absolute atomic E-state index is 0.278. The monoisotopic (exact) mass is 367 g/mol. The van der Waals surface area contributed by atoms with Crippen molar-refractivity contribution in [2.45, 2.75) is 31.7 Å². The molecule has 1 atom stereocenters. The Balaban J connectivity index is 2.29. The summed E-state index contributed by atoms with van der Waals surface area (Å²) in [7, 11) is -3.53. The molecule has 2 aromatic carbocycles. The van der Waals surface area contributed by atoms with Crippen molar-refractivity contribution in [2.24, 2.45) is 0 Å². The van der Waals surface area contributed by atoms with Gasteiger partial charge in [0.2, 0.25) is 10.0 Å². The van der Waals surface area contributed by atoms with E-state index in [1.165, 1.54) is 0 Å². The van der Waals surface area contributed by atoms with Gasteiger partial charge in [-0.25, -0.2) is 13.1 Å². The molecule has 0 aliphatic rings. The molecule has 0 aliphatic heterocycles. The largest absolute Gasteiger partial charge is 0.241 e. The Morgan fingerprint density at radius 3 is 2.33 bits per heavy atom. The van der Waals surface area contributed by atoms with Crippen LogP contribution in [0, 0.1) is 13.8 Å². The first kappa shape index (κ1) is 16.2. The molecule has 0 saturated heterocycles. The van der Waals surface area contributed by atoms with Crippen LogP contribution in [-0.2, 0) is 10.0 Å². The lowest BCUT2D eigenvalue weighted by molar-refractivity contribution is 0.566. The highest BCUT2D eigenvalue weighted by atomic mass is 79.9. The zero-order valence-corrected chi connectivity index (χ0v) is 14.6.